The summed E-state index contributed by atoms with van der Waals surface area (Å²) in [6.45, 7) is 4.81. The van der Waals surface area contributed by atoms with Crippen molar-refractivity contribution in [3.8, 4) is 0 Å². The molecule has 1 heterocycles. The first-order chi connectivity index (χ1) is 18.4. The summed E-state index contributed by atoms with van der Waals surface area (Å²) in [5.74, 6) is 0.999. The lowest BCUT2D eigenvalue weighted by Crippen LogP contribution is -2.46. The van der Waals surface area contributed by atoms with Crippen molar-refractivity contribution < 1.29 is 0 Å². The van der Waals surface area contributed by atoms with Gasteiger partial charge in [-0.2, -0.15) is 0 Å². The summed E-state index contributed by atoms with van der Waals surface area (Å²) >= 11 is 0. The van der Waals surface area contributed by atoms with E-state index in [0.29, 0.717) is 0 Å². The molecule has 220 valence electrons. The molecule has 0 spiro atoms. The van der Waals surface area contributed by atoms with Crippen molar-refractivity contribution in [1.29, 1.82) is 0 Å². The summed E-state index contributed by atoms with van der Waals surface area (Å²) in [5, 5.41) is 2.73. The Morgan fingerprint density at radius 3 is 1.54 bits per heavy atom. The van der Waals surface area contributed by atoms with E-state index in [0.717, 1.165) is 12.0 Å². The molecular formula is C35H70N2. The Hall–Kier alpha value is -0.0800. The van der Waals surface area contributed by atoms with Crippen LogP contribution in [-0.4, -0.2) is 24.1 Å². The zero-order valence-electron chi connectivity index (χ0n) is 25.7. The lowest BCUT2D eigenvalue weighted by molar-refractivity contribution is 0.103. The van der Waals surface area contributed by atoms with Crippen molar-refractivity contribution >= 4 is 0 Å². The van der Waals surface area contributed by atoms with Crippen LogP contribution in [0.1, 0.15) is 200 Å². The minimum atomic E-state index is 0.792. The number of nitrogens with one attached hydrogen (secondary N) is 1. The van der Waals surface area contributed by atoms with E-state index >= 15 is 0 Å². The largest absolute Gasteiger partial charge is 0.255 e. The molecule has 1 atom stereocenters. The van der Waals surface area contributed by atoms with Gasteiger partial charge in [0.15, 0.2) is 0 Å². The van der Waals surface area contributed by atoms with Crippen LogP contribution in [0.25, 0.3) is 0 Å². The smallest absolute Gasteiger partial charge is 0.0243 e. The molecule has 2 heteroatoms. The lowest BCUT2D eigenvalue weighted by Gasteiger charge is -2.32. The molecule has 2 fully saturated rings. The molecule has 1 aliphatic heterocycles. The second-order valence-corrected chi connectivity index (χ2v) is 13.1. The summed E-state index contributed by atoms with van der Waals surface area (Å²) in [4.78, 5) is 0. The maximum absolute atomic E-state index is 3.96. The highest BCUT2D eigenvalue weighted by Crippen LogP contribution is 2.25. The van der Waals surface area contributed by atoms with Gasteiger partial charge in [0.05, 0.1) is 0 Å². The van der Waals surface area contributed by atoms with E-state index in [4.69, 9.17) is 0 Å². The Morgan fingerprint density at radius 2 is 0.946 bits per heavy atom. The number of rotatable bonds is 15. The molecule has 37 heavy (non-hydrogen) atoms. The van der Waals surface area contributed by atoms with Crippen LogP contribution in [0.3, 0.4) is 0 Å². The van der Waals surface area contributed by atoms with Gasteiger partial charge in [-0.3, -0.25) is 5.43 Å². The van der Waals surface area contributed by atoms with Gasteiger partial charge in [0.2, 0.25) is 0 Å². The highest BCUT2D eigenvalue weighted by molar-refractivity contribution is 4.72. The van der Waals surface area contributed by atoms with Gasteiger partial charge in [-0.05, 0) is 38.0 Å². The third-order valence-corrected chi connectivity index (χ3v) is 9.60. The molecule has 1 N–H and O–H groups in total. The maximum Gasteiger partial charge on any atom is 0.0243 e. The fourth-order valence-corrected chi connectivity index (χ4v) is 7.06. The van der Waals surface area contributed by atoms with E-state index < -0.39 is 0 Å². The molecule has 2 nitrogen and oxygen atoms in total. The number of unbranched alkanes of at least 4 members (excludes halogenated alkanes) is 12. The standard InChI is InChI=1S/C35H70N2/c1-2-3-4-5-6-7-8-9-10-11-14-17-21-27-34-28-22-20-25-33-37(36-32-26-29-34)35-30-23-18-15-12-13-16-19-24-31-35/h34-36H,2-33H2,1H3. The average Bonchev–Trinajstić information content (AvgIpc) is 3.01. The van der Waals surface area contributed by atoms with Crippen LogP contribution in [0.5, 0.6) is 0 Å². The summed E-state index contributed by atoms with van der Waals surface area (Å²) < 4.78 is 0. The van der Waals surface area contributed by atoms with Crippen LogP contribution < -0.4 is 5.43 Å². The monoisotopic (exact) mass is 519 g/mol. The van der Waals surface area contributed by atoms with E-state index in [9.17, 15) is 0 Å². The van der Waals surface area contributed by atoms with Crippen molar-refractivity contribution in [2.45, 2.75) is 206 Å². The molecule has 1 unspecified atom stereocenters. The quantitative estimate of drug-likeness (QED) is 0.217. The van der Waals surface area contributed by atoms with Gasteiger partial charge in [-0.25, -0.2) is 5.01 Å². The minimum Gasteiger partial charge on any atom is -0.255 e. The van der Waals surface area contributed by atoms with Gasteiger partial charge in [-0.15, -0.1) is 0 Å². The highest BCUT2D eigenvalue weighted by Gasteiger charge is 2.19. The minimum absolute atomic E-state index is 0.792. The van der Waals surface area contributed by atoms with Crippen molar-refractivity contribution in [2.75, 3.05) is 13.1 Å². The summed E-state index contributed by atoms with van der Waals surface area (Å²) in [6, 6.07) is 0.792. The van der Waals surface area contributed by atoms with E-state index in [2.05, 4.69) is 17.4 Å². The van der Waals surface area contributed by atoms with Crippen molar-refractivity contribution in [3.63, 3.8) is 0 Å². The van der Waals surface area contributed by atoms with Crippen LogP contribution in [-0.2, 0) is 0 Å². The highest BCUT2D eigenvalue weighted by atomic mass is 15.5. The molecule has 0 aromatic rings. The molecule has 1 aliphatic carbocycles. The molecule has 0 aromatic heterocycles. The van der Waals surface area contributed by atoms with Gasteiger partial charge >= 0.3 is 0 Å². The van der Waals surface area contributed by atoms with Gasteiger partial charge in [0, 0.05) is 19.1 Å². The predicted octanol–water partition coefficient (Wildman–Crippen LogP) is 11.5. The van der Waals surface area contributed by atoms with Crippen LogP contribution in [0.2, 0.25) is 0 Å². The fraction of sp³-hybridized carbons (Fsp3) is 1.00. The first-order valence-corrected chi connectivity index (χ1v) is 17.9. The average molecular weight is 519 g/mol. The van der Waals surface area contributed by atoms with Crippen molar-refractivity contribution in [2.24, 2.45) is 5.92 Å². The number of hydrogen-bond donors (Lipinski definition) is 1. The number of hydrazine groups is 1. The SMILES string of the molecule is CCCCCCCCCCCCCCCC1CCCCCN(C2CCCCCCCCCC2)NCCC1. The zero-order chi connectivity index (χ0) is 26.1. The maximum atomic E-state index is 3.96. The second-order valence-electron chi connectivity index (χ2n) is 13.1. The fourth-order valence-electron chi connectivity index (χ4n) is 7.06. The first kappa shape index (κ1) is 33.1. The Kier molecular flexibility index (Phi) is 22.3. The molecule has 0 radical (unpaired) electrons. The molecule has 0 aromatic carbocycles. The second kappa shape index (κ2) is 24.9. The van der Waals surface area contributed by atoms with Crippen LogP contribution in [0.15, 0.2) is 0 Å². The van der Waals surface area contributed by atoms with E-state index in [1.807, 2.05) is 0 Å². The molecule has 2 aliphatic rings. The third-order valence-electron chi connectivity index (χ3n) is 9.60. The first-order valence-electron chi connectivity index (χ1n) is 17.9. The van der Waals surface area contributed by atoms with Gasteiger partial charge in [0.25, 0.3) is 0 Å². The summed E-state index contributed by atoms with van der Waals surface area (Å²) in [5.41, 5.74) is 3.96. The van der Waals surface area contributed by atoms with Gasteiger partial charge < -0.3 is 0 Å². The topological polar surface area (TPSA) is 15.3 Å². The molecule has 1 saturated carbocycles. The number of nitrogens with zero attached hydrogens (tertiary/aromatic N) is 1. The molecular weight excluding hydrogens is 448 g/mol. The summed E-state index contributed by atoms with van der Waals surface area (Å²) in [6.07, 6.45) is 43.9. The normalized spacial score (nSPS) is 22.8. The Labute approximate surface area is 234 Å². The Morgan fingerprint density at radius 1 is 0.486 bits per heavy atom. The van der Waals surface area contributed by atoms with Crippen LogP contribution >= 0.6 is 0 Å². The van der Waals surface area contributed by atoms with E-state index in [1.165, 1.54) is 206 Å². The number of hydrogen-bond acceptors (Lipinski definition) is 2. The van der Waals surface area contributed by atoms with Crippen LogP contribution in [0, 0.1) is 5.92 Å². The summed E-state index contributed by atoms with van der Waals surface area (Å²) in [7, 11) is 0. The van der Waals surface area contributed by atoms with Crippen molar-refractivity contribution in [3.05, 3.63) is 0 Å². The van der Waals surface area contributed by atoms with E-state index in [1.54, 1.807) is 0 Å². The lowest BCUT2D eigenvalue weighted by atomic mass is 9.90. The Bertz CT molecular complexity index is 452. The van der Waals surface area contributed by atoms with Crippen molar-refractivity contribution in [1.82, 2.24) is 10.4 Å². The zero-order valence-corrected chi connectivity index (χ0v) is 25.7. The third kappa shape index (κ3) is 18.8. The molecule has 1 saturated heterocycles. The molecule has 0 bridgehead atoms. The van der Waals surface area contributed by atoms with Gasteiger partial charge in [-0.1, -0.05) is 167 Å². The van der Waals surface area contributed by atoms with Gasteiger partial charge in [0.1, 0.15) is 0 Å². The van der Waals surface area contributed by atoms with Crippen LogP contribution in [0.4, 0.5) is 0 Å². The molecule has 2 rings (SSSR count). The molecule has 0 amide bonds. The Balaban J connectivity index is 1.53. The van der Waals surface area contributed by atoms with E-state index in [-0.39, 0.29) is 0 Å². The predicted molar refractivity (Wildman–Crippen MR) is 166 cm³/mol.